The topological polar surface area (TPSA) is 0 Å². The second kappa shape index (κ2) is 5.38. The molecule has 3 aromatic carbocycles. The highest BCUT2D eigenvalue weighted by Gasteiger charge is 2.57. The number of rotatable bonds is 1. The van der Waals surface area contributed by atoms with Gasteiger partial charge >= 0.3 is 0 Å². The fraction of sp³-hybridized carbons (Fsp3) is 0.357. The summed E-state index contributed by atoms with van der Waals surface area (Å²) in [6.07, 6.45) is 1.06. The highest BCUT2D eigenvalue weighted by Crippen LogP contribution is 2.62. The quantitative estimate of drug-likeness (QED) is 0.327. The van der Waals surface area contributed by atoms with Gasteiger partial charge in [-0.2, -0.15) is 0 Å². The zero-order valence-corrected chi connectivity index (χ0v) is 18.0. The minimum absolute atomic E-state index is 0.153. The average Bonchev–Trinajstić information content (AvgIpc) is 3.08. The molecule has 0 heteroatoms. The molecule has 5 rings (SSSR count). The van der Waals surface area contributed by atoms with E-state index in [2.05, 4.69) is 102 Å². The molecule has 28 heavy (non-hydrogen) atoms. The lowest BCUT2D eigenvalue weighted by Crippen LogP contribution is -2.42. The van der Waals surface area contributed by atoms with E-state index < -0.39 is 0 Å². The van der Waals surface area contributed by atoms with Gasteiger partial charge in [0.1, 0.15) is 0 Å². The molecule has 0 bridgehead atoms. The molecule has 142 valence electrons. The largest absolute Gasteiger partial charge is 0.0622 e. The maximum atomic E-state index is 2.53. The van der Waals surface area contributed by atoms with Gasteiger partial charge in [0.15, 0.2) is 0 Å². The first-order valence-electron chi connectivity index (χ1n) is 10.5. The molecule has 0 radical (unpaired) electrons. The van der Waals surface area contributed by atoms with Crippen molar-refractivity contribution in [3.05, 3.63) is 82.9 Å². The third-order valence-corrected chi connectivity index (χ3v) is 8.60. The van der Waals surface area contributed by atoms with E-state index in [1.165, 1.54) is 33.4 Å². The SMILES string of the molecule is CC1(C)c2cc3c(cc2C(C)(C)C1(C)C)-c1cc(-c2ccccc2)ccc1C3. The Morgan fingerprint density at radius 3 is 1.86 bits per heavy atom. The smallest absolute Gasteiger partial charge is 0.00133 e. The summed E-state index contributed by atoms with van der Waals surface area (Å²) in [6, 6.07) is 22.8. The second-order valence-corrected chi connectivity index (χ2v) is 10.3. The Balaban J connectivity index is 1.70. The highest BCUT2D eigenvalue weighted by atomic mass is 14.6. The molecule has 0 atom stereocenters. The molecule has 0 saturated heterocycles. The molecule has 0 saturated carbocycles. The van der Waals surface area contributed by atoms with Gasteiger partial charge < -0.3 is 0 Å². The van der Waals surface area contributed by atoms with E-state index in [1.54, 1.807) is 11.1 Å². The van der Waals surface area contributed by atoms with Crippen LogP contribution in [0.15, 0.2) is 60.7 Å². The number of hydrogen-bond donors (Lipinski definition) is 0. The van der Waals surface area contributed by atoms with Crippen molar-refractivity contribution in [2.24, 2.45) is 5.41 Å². The van der Waals surface area contributed by atoms with Crippen molar-refractivity contribution in [3.63, 3.8) is 0 Å². The van der Waals surface area contributed by atoms with Gasteiger partial charge in [-0.3, -0.25) is 0 Å². The van der Waals surface area contributed by atoms with E-state index in [9.17, 15) is 0 Å². The summed E-state index contributed by atoms with van der Waals surface area (Å²) in [5.74, 6) is 0. The van der Waals surface area contributed by atoms with Crippen LogP contribution < -0.4 is 0 Å². The van der Waals surface area contributed by atoms with Gasteiger partial charge in [0, 0.05) is 0 Å². The molecule has 2 aliphatic rings. The van der Waals surface area contributed by atoms with Gasteiger partial charge in [0.2, 0.25) is 0 Å². The van der Waals surface area contributed by atoms with Crippen LogP contribution in [0, 0.1) is 5.41 Å². The number of hydrogen-bond acceptors (Lipinski definition) is 0. The van der Waals surface area contributed by atoms with Crippen molar-refractivity contribution in [2.75, 3.05) is 0 Å². The molecular weight excluding hydrogens is 336 g/mol. The third kappa shape index (κ3) is 2.07. The van der Waals surface area contributed by atoms with Crippen molar-refractivity contribution in [2.45, 2.75) is 58.8 Å². The van der Waals surface area contributed by atoms with Gasteiger partial charge in [-0.25, -0.2) is 0 Å². The van der Waals surface area contributed by atoms with E-state index in [-0.39, 0.29) is 16.2 Å². The Bertz CT molecular complexity index is 1090. The fourth-order valence-corrected chi connectivity index (χ4v) is 5.53. The van der Waals surface area contributed by atoms with E-state index in [0.29, 0.717) is 0 Å². The molecule has 3 aromatic rings. The zero-order valence-electron chi connectivity index (χ0n) is 18.0. The maximum absolute atomic E-state index is 2.53. The van der Waals surface area contributed by atoms with E-state index >= 15 is 0 Å². The minimum atomic E-state index is 0.153. The van der Waals surface area contributed by atoms with Crippen molar-refractivity contribution in [1.82, 2.24) is 0 Å². The number of fused-ring (bicyclic) bond motifs is 4. The van der Waals surface area contributed by atoms with Gasteiger partial charge in [-0.05, 0) is 79.3 Å². The van der Waals surface area contributed by atoms with E-state index in [4.69, 9.17) is 0 Å². The molecule has 0 amide bonds. The lowest BCUT2D eigenvalue weighted by atomic mass is 9.59. The Morgan fingerprint density at radius 2 is 1.18 bits per heavy atom. The summed E-state index contributed by atoms with van der Waals surface area (Å²) in [7, 11) is 0. The Labute approximate surface area is 169 Å². The van der Waals surface area contributed by atoms with Crippen molar-refractivity contribution >= 4 is 0 Å². The lowest BCUT2D eigenvalue weighted by molar-refractivity contribution is 0.125. The third-order valence-electron chi connectivity index (χ3n) is 8.60. The Hall–Kier alpha value is -2.34. The molecule has 0 aromatic heterocycles. The van der Waals surface area contributed by atoms with Crippen molar-refractivity contribution in [3.8, 4) is 22.3 Å². The van der Waals surface area contributed by atoms with Crippen LogP contribution in [0.1, 0.15) is 63.8 Å². The molecule has 0 aliphatic heterocycles. The van der Waals surface area contributed by atoms with Crippen LogP contribution >= 0.6 is 0 Å². The summed E-state index contributed by atoms with van der Waals surface area (Å²) < 4.78 is 0. The molecule has 0 heterocycles. The minimum Gasteiger partial charge on any atom is -0.0622 e. The van der Waals surface area contributed by atoms with Crippen LogP contribution in [0.25, 0.3) is 22.3 Å². The van der Waals surface area contributed by atoms with Crippen LogP contribution in [-0.2, 0) is 17.3 Å². The molecule has 0 nitrogen and oxygen atoms in total. The molecule has 0 unspecified atom stereocenters. The normalized spacial score (nSPS) is 19.8. The zero-order chi connectivity index (χ0) is 19.9. The highest BCUT2D eigenvalue weighted by molar-refractivity contribution is 5.83. The molecule has 0 spiro atoms. The standard InChI is InChI=1S/C28H30/c1-26(2)24-16-21-14-20-13-12-19(18-10-8-7-9-11-18)15-22(20)23(21)17-25(24)27(3,4)28(26,5)6/h7-13,15-17H,14H2,1-6H3. The summed E-state index contributed by atoms with van der Waals surface area (Å²) in [6.45, 7) is 14.6. The van der Waals surface area contributed by atoms with E-state index in [1.807, 2.05) is 0 Å². The van der Waals surface area contributed by atoms with Crippen LogP contribution in [0.4, 0.5) is 0 Å². The second-order valence-electron chi connectivity index (χ2n) is 10.3. The van der Waals surface area contributed by atoms with Gasteiger partial charge in [-0.15, -0.1) is 0 Å². The maximum Gasteiger partial charge on any atom is -0.00133 e. The van der Waals surface area contributed by atoms with Crippen LogP contribution in [0.2, 0.25) is 0 Å². The predicted octanol–water partition coefficient (Wildman–Crippen LogP) is 7.52. The monoisotopic (exact) mass is 366 g/mol. The van der Waals surface area contributed by atoms with Crippen LogP contribution in [-0.4, -0.2) is 0 Å². The molecule has 0 fully saturated rings. The van der Waals surface area contributed by atoms with Crippen molar-refractivity contribution < 1.29 is 0 Å². The van der Waals surface area contributed by atoms with Crippen LogP contribution in [0.3, 0.4) is 0 Å². The first-order valence-corrected chi connectivity index (χ1v) is 10.5. The number of benzene rings is 3. The summed E-state index contributed by atoms with van der Waals surface area (Å²) in [4.78, 5) is 0. The first kappa shape index (κ1) is 17.7. The van der Waals surface area contributed by atoms with E-state index in [0.717, 1.165) is 6.42 Å². The fourth-order valence-electron chi connectivity index (χ4n) is 5.53. The molecule has 0 N–H and O–H groups in total. The van der Waals surface area contributed by atoms with Crippen LogP contribution in [0.5, 0.6) is 0 Å². The Morgan fingerprint density at radius 1 is 0.571 bits per heavy atom. The molecule has 2 aliphatic carbocycles. The summed E-state index contributed by atoms with van der Waals surface area (Å²) in [5, 5.41) is 0. The van der Waals surface area contributed by atoms with Crippen molar-refractivity contribution in [1.29, 1.82) is 0 Å². The first-order chi connectivity index (χ1) is 13.1. The molecular formula is C28H30. The Kier molecular flexibility index (Phi) is 3.41. The predicted molar refractivity (Wildman–Crippen MR) is 120 cm³/mol. The summed E-state index contributed by atoms with van der Waals surface area (Å²) >= 11 is 0. The van der Waals surface area contributed by atoms with Gasteiger partial charge in [0.05, 0.1) is 0 Å². The average molecular weight is 367 g/mol. The lowest BCUT2D eigenvalue weighted by Gasteiger charge is -2.44. The van der Waals surface area contributed by atoms with Gasteiger partial charge in [-0.1, -0.05) is 90.1 Å². The summed E-state index contributed by atoms with van der Waals surface area (Å²) in [5.41, 5.74) is 12.1. The van der Waals surface area contributed by atoms with Gasteiger partial charge in [0.25, 0.3) is 0 Å².